The second-order valence-corrected chi connectivity index (χ2v) is 23.4. The molecule has 0 radical (unpaired) electrons. The first-order chi connectivity index (χ1) is 34.5. The number of rotatable bonds is 16. The molecule has 15 nitrogen and oxygen atoms in total. The van der Waals surface area contributed by atoms with Gasteiger partial charge in [0.2, 0.25) is 10.3 Å². The Kier molecular flexibility index (Phi) is 16.9. The number of halogens is 10. The Hall–Kier alpha value is -4.92. The van der Waals surface area contributed by atoms with Crippen LogP contribution in [0.15, 0.2) is 94.6 Å². The van der Waals surface area contributed by atoms with Crippen molar-refractivity contribution < 1.29 is 74.6 Å². The predicted octanol–water partition coefficient (Wildman–Crippen LogP) is 14.7. The summed E-state index contributed by atoms with van der Waals surface area (Å²) in [5.74, 6) is 0.296. The summed E-state index contributed by atoms with van der Waals surface area (Å²) in [6.45, 7) is 6.74. The minimum absolute atomic E-state index is 0.0207. The zero-order valence-electron chi connectivity index (χ0n) is 38.5. The minimum Gasteiger partial charge on any atom is -0.495 e. The first kappa shape index (κ1) is 56.8. The molecule has 0 unspecified atom stereocenters. The Balaban J connectivity index is 0.000000216. The number of benzene rings is 4. The van der Waals surface area contributed by atoms with Gasteiger partial charge in [-0.3, -0.25) is 9.11 Å². The van der Waals surface area contributed by atoms with Crippen LogP contribution in [0.25, 0.3) is 20.4 Å². The van der Waals surface area contributed by atoms with E-state index in [0.29, 0.717) is 46.7 Å². The van der Waals surface area contributed by atoms with Crippen LogP contribution in [0.1, 0.15) is 50.7 Å². The van der Waals surface area contributed by atoms with Gasteiger partial charge in [-0.25, -0.2) is 9.97 Å². The zero-order valence-corrected chi connectivity index (χ0v) is 43.4. The minimum atomic E-state index is -5.72. The van der Waals surface area contributed by atoms with Crippen LogP contribution in [-0.2, 0) is 33.1 Å². The van der Waals surface area contributed by atoms with Crippen LogP contribution in [0, 0.1) is 0 Å². The predicted molar refractivity (Wildman–Crippen MR) is 262 cm³/mol. The second-order valence-electron chi connectivity index (χ2n) is 16.2. The van der Waals surface area contributed by atoms with E-state index in [2.05, 4.69) is 35.3 Å². The summed E-state index contributed by atoms with van der Waals surface area (Å²) >= 11 is 0.486. The van der Waals surface area contributed by atoms with E-state index in [0.717, 1.165) is 103 Å². The highest BCUT2D eigenvalue weighted by molar-refractivity contribution is 8.00. The van der Waals surface area contributed by atoms with E-state index < -0.39 is 71.5 Å². The summed E-state index contributed by atoms with van der Waals surface area (Å²) in [7, 11) is -7.96. The molecule has 2 aliphatic heterocycles. The summed E-state index contributed by atoms with van der Waals surface area (Å²) in [6.07, 6.45) is -7.07. The van der Waals surface area contributed by atoms with Crippen molar-refractivity contribution in [1.29, 1.82) is 0 Å². The standard InChI is InChI=1S/C22H23F5N4O4S3.C21H17F5N4O3S3/c1-4-8-31(9-5-2)16-12-19(38(32,33)34)15(11-17(16)35-3)29-30-20-28-14-7-6-13(10-18(14)36-20)37-22(26,27)21(23,24)25;22-20(23,24)21(25,26)35-12-5-6-14-16(10-12)34-19(27-14)29-28-15-9-11-3-1-7-30-8-2-4-13(17(11)30)18(15)36(31,32)33/h6-7,10-12H,4-5,8-9H2,1-3H3,(H,32,33,34);5-6,9-10H,1-4,7-8H2,(H,31,32,33). The summed E-state index contributed by atoms with van der Waals surface area (Å²) in [5, 5.41) is 5.97. The Labute approximate surface area is 432 Å². The largest absolute Gasteiger partial charge is 0.495 e. The number of hydrogen-bond acceptors (Lipinski definition) is 17. The smallest absolute Gasteiger partial charge is 0.464 e. The van der Waals surface area contributed by atoms with Gasteiger partial charge >= 0.3 is 22.9 Å². The Morgan fingerprint density at radius 3 is 1.65 bits per heavy atom. The lowest BCUT2D eigenvalue weighted by Crippen LogP contribution is -2.35. The molecule has 0 bridgehead atoms. The van der Waals surface area contributed by atoms with E-state index in [1.807, 2.05) is 18.7 Å². The van der Waals surface area contributed by atoms with Gasteiger partial charge < -0.3 is 14.5 Å². The van der Waals surface area contributed by atoms with Crippen molar-refractivity contribution in [3.8, 4) is 5.75 Å². The number of fused-ring (bicyclic) bond motifs is 2. The molecule has 0 fully saturated rings. The Bertz CT molecular complexity index is 3350. The lowest BCUT2D eigenvalue weighted by Gasteiger charge is -2.37. The van der Waals surface area contributed by atoms with E-state index in [-0.39, 0.29) is 46.5 Å². The van der Waals surface area contributed by atoms with Crippen LogP contribution < -0.4 is 14.5 Å². The monoisotopic (exact) mass is 1160 g/mol. The van der Waals surface area contributed by atoms with Crippen molar-refractivity contribution in [1.82, 2.24) is 9.97 Å². The normalized spacial score (nSPS) is 14.8. The van der Waals surface area contributed by atoms with Gasteiger partial charge in [-0.15, -0.1) is 20.5 Å². The number of thioether (sulfide) groups is 2. The molecule has 2 aliphatic rings. The fourth-order valence-electron chi connectivity index (χ4n) is 7.91. The topological polar surface area (TPSA) is 200 Å². The van der Waals surface area contributed by atoms with Crippen LogP contribution in [0.4, 0.5) is 76.9 Å². The van der Waals surface area contributed by atoms with E-state index in [9.17, 15) is 69.8 Å². The van der Waals surface area contributed by atoms with Crippen molar-refractivity contribution in [2.45, 2.75) is 94.8 Å². The first-order valence-electron chi connectivity index (χ1n) is 21.8. The summed E-state index contributed by atoms with van der Waals surface area (Å²) in [5.41, 5.74) is 2.99. The van der Waals surface area contributed by atoms with Gasteiger partial charge in [-0.1, -0.05) is 36.5 Å². The number of ether oxygens (including phenoxy) is 1. The average Bonchev–Trinajstić information content (AvgIpc) is 3.91. The molecule has 4 aromatic carbocycles. The number of alkyl halides is 10. The molecule has 0 aliphatic carbocycles. The van der Waals surface area contributed by atoms with Crippen LogP contribution in [-0.4, -0.2) is 92.1 Å². The molecular formula is C43H40F10N8O7S6. The van der Waals surface area contributed by atoms with Gasteiger partial charge in [0.1, 0.15) is 26.9 Å². The highest BCUT2D eigenvalue weighted by Crippen LogP contribution is 2.50. The van der Waals surface area contributed by atoms with Crippen LogP contribution >= 0.6 is 46.2 Å². The third-order valence-corrected chi connectivity index (χ3v) is 16.5. The van der Waals surface area contributed by atoms with Crippen LogP contribution in [0.2, 0.25) is 0 Å². The molecule has 31 heteroatoms. The molecular weight excluding hydrogens is 1120 g/mol. The summed E-state index contributed by atoms with van der Waals surface area (Å²) in [4.78, 5) is 10.9. The van der Waals surface area contributed by atoms with E-state index in [1.165, 1.54) is 31.4 Å². The van der Waals surface area contributed by atoms with Gasteiger partial charge in [0, 0.05) is 47.7 Å². The number of azo groups is 2. The number of hydrogen-bond donors (Lipinski definition) is 2. The van der Waals surface area contributed by atoms with E-state index in [1.54, 1.807) is 6.07 Å². The third kappa shape index (κ3) is 12.8. The van der Waals surface area contributed by atoms with Crippen molar-refractivity contribution in [2.75, 3.05) is 43.1 Å². The van der Waals surface area contributed by atoms with Crippen LogP contribution in [0.5, 0.6) is 5.75 Å². The lowest BCUT2D eigenvalue weighted by atomic mass is 9.91. The Morgan fingerprint density at radius 2 is 1.19 bits per heavy atom. The molecule has 74 heavy (non-hydrogen) atoms. The van der Waals surface area contributed by atoms with Crippen molar-refractivity contribution in [3.05, 3.63) is 65.7 Å². The molecule has 0 spiro atoms. The van der Waals surface area contributed by atoms with Gasteiger partial charge in [0.25, 0.3) is 20.2 Å². The van der Waals surface area contributed by atoms with Gasteiger partial charge in [-0.05, 0) is 122 Å². The molecule has 8 rings (SSSR count). The summed E-state index contributed by atoms with van der Waals surface area (Å²) in [6, 6.07) is 11.1. The number of nitrogens with zero attached hydrogens (tertiary/aromatic N) is 8. The van der Waals surface area contributed by atoms with Gasteiger partial charge in [0.15, 0.2) is 0 Å². The number of aryl methyl sites for hydroxylation is 1. The molecule has 0 saturated heterocycles. The average molecular weight is 1160 g/mol. The maximum Gasteiger partial charge on any atom is 0.464 e. The van der Waals surface area contributed by atoms with Crippen molar-refractivity contribution >= 4 is 120 Å². The molecule has 2 N–H and O–H groups in total. The molecule has 0 amide bonds. The molecule has 400 valence electrons. The number of anilines is 2. The number of aromatic nitrogens is 2. The lowest BCUT2D eigenvalue weighted by molar-refractivity contribution is -0.237. The fraction of sp³-hybridized carbons (Fsp3) is 0.395. The van der Waals surface area contributed by atoms with Crippen molar-refractivity contribution in [3.63, 3.8) is 0 Å². The van der Waals surface area contributed by atoms with E-state index in [4.69, 9.17) is 4.74 Å². The molecule has 0 saturated carbocycles. The zero-order chi connectivity index (χ0) is 54.2. The van der Waals surface area contributed by atoms with Crippen LogP contribution in [0.3, 0.4) is 0 Å². The fourth-order valence-corrected chi connectivity index (χ4v) is 12.7. The highest BCUT2D eigenvalue weighted by Gasteiger charge is 2.59. The van der Waals surface area contributed by atoms with Gasteiger partial charge in [-0.2, -0.15) is 60.7 Å². The van der Waals surface area contributed by atoms with E-state index >= 15 is 0 Å². The quantitative estimate of drug-likeness (QED) is 0.0402. The van der Waals surface area contributed by atoms with Gasteiger partial charge in [0.05, 0.1) is 33.2 Å². The van der Waals surface area contributed by atoms with Crippen molar-refractivity contribution in [2.24, 2.45) is 20.5 Å². The molecule has 6 aromatic rings. The number of methoxy groups -OCH3 is 1. The maximum absolute atomic E-state index is 13.4. The summed E-state index contributed by atoms with van der Waals surface area (Å²) < 4.78 is 204. The molecule has 2 aromatic heterocycles. The first-order valence-corrected chi connectivity index (χ1v) is 28.0. The maximum atomic E-state index is 13.4. The Morgan fingerprint density at radius 1 is 0.689 bits per heavy atom. The third-order valence-electron chi connectivity index (χ3n) is 10.9. The number of thiazole rings is 2. The molecule has 4 heterocycles. The highest BCUT2D eigenvalue weighted by atomic mass is 32.2. The SMILES string of the molecule is CCCN(CCC)c1cc(S(=O)(=O)O)c(N=Nc2nc3ccc(SC(F)(F)C(F)(F)F)cc3s2)cc1OC.O=S(=O)(O)c1c(N=Nc2nc3ccc(SC(F)(F)C(F)(F)F)cc3s2)cc2c3c1CCCN3CCC2. The second kappa shape index (κ2) is 22.0. The molecule has 0 atom stereocenters.